The second kappa shape index (κ2) is 12.8. The zero-order valence-electron chi connectivity index (χ0n) is 11.5. The molecule has 0 spiro atoms. The van der Waals surface area contributed by atoms with Gasteiger partial charge in [0.05, 0.1) is 0 Å². The van der Waals surface area contributed by atoms with Crippen molar-refractivity contribution in [1.29, 1.82) is 0 Å². The Kier molecular flexibility index (Phi) is 11.6. The summed E-state index contributed by atoms with van der Waals surface area (Å²) in [7, 11) is 1.00. The summed E-state index contributed by atoms with van der Waals surface area (Å²) in [4.78, 5) is 21.7. The van der Waals surface area contributed by atoms with Crippen LogP contribution in [0.3, 0.4) is 0 Å². The predicted molar refractivity (Wildman–Crippen MR) is 76.1 cm³/mol. The Morgan fingerprint density at radius 1 is 1.11 bits per heavy atom. The van der Waals surface area contributed by atoms with E-state index in [0.29, 0.717) is 18.5 Å². The van der Waals surface area contributed by atoms with E-state index >= 15 is 0 Å². The van der Waals surface area contributed by atoms with E-state index < -0.39 is 0 Å². The molecule has 0 fully saturated rings. The van der Waals surface area contributed by atoms with Gasteiger partial charge in [-0.1, -0.05) is 31.0 Å². The molecule has 0 bridgehead atoms. The molecule has 0 atom stereocenters. The first-order chi connectivity index (χ1) is 9.34. The lowest BCUT2D eigenvalue weighted by atomic mass is 10.1. The Morgan fingerprint density at radius 2 is 1.74 bits per heavy atom. The fourth-order valence-corrected chi connectivity index (χ4v) is 1.60. The minimum Gasteiger partial charge on any atom is -0.400 e. The summed E-state index contributed by atoms with van der Waals surface area (Å²) in [6.07, 6.45) is 5.64. The van der Waals surface area contributed by atoms with Crippen LogP contribution in [0.2, 0.25) is 0 Å². The normalized spacial score (nSPS) is 9.16. The van der Waals surface area contributed by atoms with E-state index in [-0.39, 0.29) is 5.91 Å². The average Bonchev–Trinajstić information content (AvgIpc) is 2.49. The van der Waals surface area contributed by atoms with E-state index in [0.717, 1.165) is 39.1 Å². The first-order valence-electron chi connectivity index (χ1n) is 6.56. The third kappa shape index (κ3) is 8.97. The Labute approximate surface area is 114 Å². The van der Waals surface area contributed by atoms with Gasteiger partial charge in [0.15, 0.2) is 0 Å². The van der Waals surface area contributed by atoms with E-state index in [1.165, 1.54) is 0 Å². The Hall–Kier alpha value is -1.68. The first-order valence-corrected chi connectivity index (χ1v) is 6.56. The van der Waals surface area contributed by atoms with Crippen molar-refractivity contribution < 1.29 is 14.7 Å². The molecule has 0 aliphatic heterocycles. The molecule has 0 saturated heterocycles. The number of benzene rings is 1. The molecule has 0 aliphatic carbocycles. The first kappa shape index (κ1) is 17.3. The van der Waals surface area contributed by atoms with Crippen LogP contribution in [-0.2, 0) is 4.79 Å². The minimum absolute atomic E-state index is 0.0153. The van der Waals surface area contributed by atoms with Crippen molar-refractivity contribution in [3.8, 4) is 0 Å². The molecule has 1 rings (SSSR count). The second-order valence-electron chi connectivity index (χ2n) is 3.99. The summed E-state index contributed by atoms with van der Waals surface area (Å²) in [6.45, 7) is 0.703. The van der Waals surface area contributed by atoms with Crippen molar-refractivity contribution in [1.82, 2.24) is 5.32 Å². The highest BCUT2D eigenvalue weighted by atomic mass is 16.2. The fourth-order valence-electron chi connectivity index (χ4n) is 1.60. The molecule has 0 saturated carbocycles. The highest BCUT2D eigenvalue weighted by Gasteiger charge is 2.02. The summed E-state index contributed by atoms with van der Waals surface area (Å²) < 4.78 is 0. The fraction of sp³-hybridized carbons (Fsp3) is 0.467. The third-order valence-electron chi connectivity index (χ3n) is 2.57. The quantitative estimate of drug-likeness (QED) is 0.559. The highest BCUT2D eigenvalue weighted by Crippen LogP contribution is 2.01. The van der Waals surface area contributed by atoms with Gasteiger partial charge in [0.2, 0.25) is 0 Å². The van der Waals surface area contributed by atoms with Crippen LogP contribution in [0, 0.1) is 0 Å². The van der Waals surface area contributed by atoms with Crippen LogP contribution in [0.1, 0.15) is 42.5 Å². The summed E-state index contributed by atoms with van der Waals surface area (Å²) in [5.41, 5.74) is 0.702. The molecule has 0 aliphatic rings. The lowest BCUT2D eigenvalue weighted by molar-refractivity contribution is -0.107. The molecule has 2 N–H and O–H groups in total. The van der Waals surface area contributed by atoms with Gasteiger partial charge in [-0.2, -0.15) is 0 Å². The monoisotopic (exact) mass is 265 g/mol. The van der Waals surface area contributed by atoms with Gasteiger partial charge in [-0.25, -0.2) is 0 Å². The second-order valence-corrected chi connectivity index (χ2v) is 3.99. The van der Waals surface area contributed by atoms with Gasteiger partial charge in [-0.3, -0.25) is 4.79 Å². The summed E-state index contributed by atoms with van der Waals surface area (Å²) in [5.74, 6) is -0.0153. The third-order valence-corrected chi connectivity index (χ3v) is 2.57. The largest absolute Gasteiger partial charge is 0.400 e. The summed E-state index contributed by atoms with van der Waals surface area (Å²) in [5, 5.41) is 9.88. The van der Waals surface area contributed by atoms with Crippen molar-refractivity contribution in [3.63, 3.8) is 0 Å². The summed E-state index contributed by atoms with van der Waals surface area (Å²) in [6, 6.07) is 9.21. The van der Waals surface area contributed by atoms with Crippen LogP contribution >= 0.6 is 0 Å². The number of carbonyl (C=O) groups is 2. The van der Waals surface area contributed by atoms with Crippen molar-refractivity contribution in [2.24, 2.45) is 0 Å². The number of aliphatic hydroxyl groups is 1. The number of nitrogens with one attached hydrogen (secondary N) is 1. The average molecular weight is 265 g/mol. The van der Waals surface area contributed by atoms with Gasteiger partial charge in [0.1, 0.15) is 6.29 Å². The van der Waals surface area contributed by atoms with Gasteiger partial charge in [0, 0.05) is 25.6 Å². The molecule has 19 heavy (non-hydrogen) atoms. The van der Waals surface area contributed by atoms with Crippen LogP contribution in [0.5, 0.6) is 0 Å². The van der Waals surface area contributed by atoms with E-state index in [1.54, 1.807) is 12.1 Å². The molecule has 4 nitrogen and oxygen atoms in total. The van der Waals surface area contributed by atoms with Crippen LogP contribution < -0.4 is 5.32 Å². The van der Waals surface area contributed by atoms with Crippen molar-refractivity contribution in [2.75, 3.05) is 13.7 Å². The van der Waals surface area contributed by atoms with Gasteiger partial charge in [0.25, 0.3) is 5.91 Å². The Morgan fingerprint density at radius 3 is 2.37 bits per heavy atom. The lowest BCUT2D eigenvalue weighted by Gasteiger charge is -2.04. The topological polar surface area (TPSA) is 66.4 Å². The van der Waals surface area contributed by atoms with Crippen molar-refractivity contribution in [3.05, 3.63) is 35.9 Å². The molecule has 106 valence electrons. The predicted octanol–water partition coefficient (Wildman–Crippen LogP) is 2.17. The van der Waals surface area contributed by atoms with Gasteiger partial charge in [-0.15, -0.1) is 0 Å². The van der Waals surface area contributed by atoms with Gasteiger partial charge in [-0.05, 0) is 25.0 Å². The highest BCUT2D eigenvalue weighted by molar-refractivity contribution is 5.94. The molecular weight excluding hydrogens is 242 g/mol. The smallest absolute Gasteiger partial charge is 0.251 e. The standard InChI is InChI=1S/C14H19NO2.CH4O/c16-12-8-3-1-2-7-11-15-14(17)13-9-5-4-6-10-13;1-2/h4-6,9-10,12H,1-3,7-8,11H2,(H,15,17);2H,1H3. The molecule has 0 radical (unpaired) electrons. The van der Waals surface area contributed by atoms with Crippen LogP contribution in [0.25, 0.3) is 0 Å². The van der Waals surface area contributed by atoms with Crippen LogP contribution in [0.15, 0.2) is 30.3 Å². The molecular formula is C15H23NO3. The van der Waals surface area contributed by atoms with Crippen LogP contribution in [0.4, 0.5) is 0 Å². The number of rotatable bonds is 8. The number of hydrogen-bond acceptors (Lipinski definition) is 3. The summed E-state index contributed by atoms with van der Waals surface area (Å²) >= 11 is 0. The van der Waals surface area contributed by atoms with Gasteiger partial charge < -0.3 is 15.2 Å². The molecule has 1 amide bonds. The van der Waals surface area contributed by atoms with E-state index in [4.69, 9.17) is 5.11 Å². The maximum Gasteiger partial charge on any atom is 0.251 e. The van der Waals surface area contributed by atoms with Crippen molar-refractivity contribution in [2.45, 2.75) is 32.1 Å². The molecule has 0 heterocycles. The van der Waals surface area contributed by atoms with E-state index in [9.17, 15) is 9.59 Å². The van der Waals surface area contributed by atoms with Crippen molar-refractivity contribution >= 4 is 12.2 Å². The van der Waals surface area contributed by atoms with Crippen LogP contribution in [-0.4, -0.2) is 31.0 Å². The molecule has 0 unspecified atom stereocenters. The minimum atomic E-state index is -0.0153. The Bertz CT molecular complexity index is 339. The number of unbranched alkanes of at least 4 members (excludes halogenated alkanes) is 4. The van der Waals surface area contributed by atoms with E-state index in [1.807, 2.05) is 18.2 Å². The number of aliphatic hydroxyl groups excluding tert-OH is 1. The SMILES string of the molecule is CO.O=CCCCCCCNC(=O)c1ccccc1. The molecule has 1 aromatic carbocycles. The molecule has 0 aromatic heterocycles. The number of aldehydes is 1. The molecule has 1 aromatic rings. The van der Waals surface area contributed by atoms with E-state index in [2.05, 4.69) is 5.32 Å². The zero-order valence-corrected chi connectivity index (χ0v) is 11.5. The number of amides is 1. The van der Waals surface area contributed by atoms with Gasteiger partial charge >= 0.3 is 0 Å². The number of hydrogen-bond donors (Lipinski definition) is 2. The number of carbonyl (C=O) groups excluding carboxylic acids is 2. The zero-order chi connectivity index (χ0) is 14.3. The lowest BCUT2D eigenvalue weighted by Crippen LogP contribution is -2.24. The maximum absolute atomic E-state index is 11.6. The Balaban J connectivity index is 0.00000154. The maximum atomic E-state index is 11.6. The molecule has 4 heteroatoms.